The van der Waals surface area contributed by atoms with Crippen LogP contribution in [0.25, 0.3) is 10.8 Å². The summed E-state index contributed by atoms with van der Waals surface area (Å²) < 4.78 is 30.2. The Kier molecular flexibility index (Phi) is 6.00. The van der Waals surface area contributed by atoms with Crippen LogP contribution in [-0.2, 0) is 10.1 Å². The maximum Gasteiger partial charge on any atom is 0.339 e. The van der Waals surface area contributed by atoms with Crippen molar-refractivity contribution in [1.82, 2.24) is 5.43 Å². The molecule has 32 heavy (non-hydrogen) atoms. The van der Waals surface area contributed by atoms with Crippen molar-refractivity contribution in [2.75, 3.05) is 0 Å². The molecule has 4 aromatic rings. The Hall–Kier alpha value is -3.97. The normalized spacial score (nSPS) is 11.5. The van der Waals surface area contributed by atoms with Crippen LogP contribution < -0.4 is 9.61 Å². The van der Waals surface area contributed by atoms with Gasteiger partial charge in [0.05, 0.1) is 6.21 Å². The van der Waals surface area contributed by atoms with Crippen LogP contribution in [-0.4, -0.2) is 20.5 Å². The highest BCUT2D eigenvalue weighted by molar-refractivity contribution is 7.87. The molecule has 0 aliphatic heterocycles. The monoisotopic (exact) mass is 444 g/mol. The quantitative estimate of drug-likeness (QED) is 0.266. The minimum absolute atomic E-state index is 0.0736. The molecule has 0 aliphatic rings. The lowest BCUT2D eigenvalue weighted by Gasteiger charge is -2.08. The van der Waals surface area contributed by atoms with Crippen LogP contribution >= 0.6 is 0 Å². The number of fused-ring (bicyclic) bond motifs is 1. The summed E-state index contributed by atoms with van der Waals surface area (Å²) in [5.41, 5.74) is 4.55. The standard InChI is InChI=1S/C25H20N2O4S/c1-18-12-14-22(15-13-18)32(29,30)31-21-9-4-6-19(16-21)17-26-27-25(28)24-11-5-8-20-7-2-3-10-23(20)24/h2-17H,1H3,(H,27,28)/b26-17-. The number of carbonyl (C=O) groups excluding carboxylic acids is 1. The first-order valence-corrected chi connectivity index (χ1v) is 11.3. The molecule has 0 bridgehead atoms. The summed E-state index contributed by atoms with van der Waals surface area (Å²) in [6.45, 7) is 1.87. The zero-order chi connectivity index (χ0) is 22.6. The Bertz CT molecular complexity index is 1410. The van der Waals surface area contributed by atoms with E-state index in [2.05, 4.69) is 10.5 Å². The average molecular weight is 445 g/mol. The number of hydrogen-bond donors (Lipinski definition) is 1. The molecule has 0 heterocycles. The van der Waals surface area contributed by atoms with E-state index in [1.807, 2.05) is 43.3 Å². The first kappa shape index (κ1) is 21.3. The van der Waals surface area contributed by atoms with E-state index >= 15 is 0 Å². The van der Waals surface area contributed by atoms with Crippen LogP contribution in [0.4, 0.5) is 0 Å². The van der Waals surface area contributed by atoms with Gasteiger partial charge in [-0.2, -0.15) is 13.5 Å². The Morgan fingerprint density at radius 2 is 1.62 bits per heavy atom. The first-order chi connectivity index (χ1) is 15.4. The molecule has 6 nitrogen and oxygen atoms in total. The SMILES string of the molecule is Cc1ccc(S(=O)(=O)Oc2cccc(/C=N\NC(=O)c3cccc4ccccc34)c2)cc1. The van der Waals surface area contributed by atoms with Crippen molar-refractivity contribution in [3.05, 3.63) is 108 Å². The van der Waals surface area contributed by atoms with Gasteiger partial charge in [0.25, 0.3) is 5.91 Å². The van der Waals surface area contributed by atoms with Gasteiger partial charge in [-0.05, 0) is 53.6 Å². The van der Waals surface area contributed by atoms with Crippen molar-refractivity contribution in [3.8, 4) is 5.75 Å². The number of hydrogen-bond acceptors (Lipinski definition) is 5. The maximum atomic E-state index is 12.6. The van der Waals surface area contributed by atoms with E-state index in [1.54, 1.807) is 30.3 Å². The van der Waals surface area contributed by atoms with Crippen molar-refractivity contribution < 1.29 is 17.4 Å². The zero-order valence-corrected chi connectivity index (χ0v) is 18.0. The lowest BCUT2D eigenvalue weighted by molar-refractivity contribution is 0.0957. The van der Waals surface area contributed by atoms with Crippen LogP contribution in [0, 0.1) is 6.92 Å². The molecule has 160 valence electrons. The summed E-state index contributed by atoms with van der Waals surface area (Å²) in [7, 11) is -3.95. The van der Waals surface area contributed by atoms with Gasteiger partial charge in [-0.1, -0.05) is 66.2 Å². The summed E-state index contributed by atoms with van der Waals surface area (Å²) in [6, 6.07) is 25.9. The Morgan fingerprint density at radius 1 is 0.906 bits per heavy atom. The van der Waals surface area contributed by atoms with Gasteiger partial charge in [0, 0.05) is 5.56 Å². The van der Waals surface area contributed by atoms with Crippen molar-refractivity contribution in [3.63, 3.8) is 0 Å². The Balaban J connectivity index is 1.47. The van der Waals surface area contributed by atoms with Gasteiger partial charge in [0.15, 0.2) is 0 Å². The van der Waals surface area contributed by atoms with Crippen molar-refractivity contribution >= 4 is 33.0 Å². The molecule has 0 aliphatic carbocycles. The maximum absolute atomic E-state index is 12.6. The fraction of sp³-hybridized carbons (Fsp3) is 0.0400. The highest BCUT2D eigenvalue weighted by Gasteiger charge is 2.16. The molecule has 4 aromatic carbocycles. The van der Waals surface area contributed by atoms with Crippen molar-refractivity contribution in [1.29, 1.82) is 0 Å². The summed E-state index contributed by atoms with van der Waals surface area (Å²) in [4.78, 5) is 12.6. The van der Waals surface area contributed by atoms with Gasteiger partial charge in [-0.25, -0.2) is 5.43 Å². The summed E-state index contributed by atoms with van der Waals surface area (Å²) in [6.07, 6.45) is 1.42. The molecular formula is C25H20N2O4S. The number of nitrogens with zero attached hydrogens (tertiary/aromatic N) is 1. The molecule has 0 saturated carbocycles. The fourth-order valence-electron chi connectivity index (χ4n) is 3.18. The van der Waals surface area contributed by atoms with E-state index in [4.69, 9.17) is 4.18 Å². The molecule has 0 radical (unpaired) electrons. The third-order valence-electron chi connectivity index (χ3n) is 4.79. The molecule has 0 spiro atoms. The Labute approximate surface area is 186 Å². The van der Waals surface area contributed by atoms with Crippen LogP contribution in [0.3, 0.4) is 0 Å². The molecule has 1 amide bonds. The predicted molar refractivity (Wildman–Crippen MR) is 124 cm³/mol. The zero-order valence-electron chi connectivity index (χ0n) is 17.2. The average Bonchev–Trinajstić information content (AvgIpc) is 2.79. The van der Waals surface area contributed by atoms with Crippen molar-refractivity contribution in [2.45, 2.75) is 11.8 Å². The number of rotatable bonds is 6. The van der Waals surface area contributed by atoms with Crippen LogP contribution in [0.15, 0.2) is 101 Å². The molecule has 0 aromatic heterocycles. The molecule has 1 N–H and O–H groups in total. The van der Waals surface area contributed by atoms with Crippen LogP contribution in [0.1, 0.15) is 21.5 Å². The highest BCUT2D eigenvalue weighted by atomic mass is 32.2. The highest BCUT2D eigenvalue weighted by Crippen LogP contribution is 2.20. The second-order valence-electron chi connectivity index (χ2n) is 7.15. The van der Waals surface area contributed by atoms with Gasteiger partial charge in [0.2, 0.25) is 0 Å². The van der Waals surface area contributed by atoms with Crippen LogP contribution in [0.2, 0.25) is 0 Å². The van der Waals surface area contributed by atoms with Gasteiger partial charge < -0.3 is 4.18 Å². The molecule has 7 heteroatoms. The number of aryl methyl sites for hydroxylation is 1. The molecule has 4 rings (SSSR count). The third-order valence-corrected chi connectivity index (χ3v) is 6.05. The van der Waals surface area contributed by atoms with E-state index in [9.17, 15) is 13.2 Å². The molecule has 0 atom stereocenters. The second-order valence-corrected chi connectivity index (χ2v) is 8.70. The molecule has 0 unspecified atom stereocenters. The van der Waals surface area contributed by atoms with E-state index in [-0.39, 0.29) is 16.6 Å². The molecule has 0 fully saturated rings. The van der Waals surface area contributed by atoms with E-state index in [0.29, 0.717) is 11.1 Å². The van der Waals surface area contributed by atoms with Gasteiger partial charge in [-0.3, -0.25) is 4.79 Å². The molecule has 0 saturated heterocycles. The molecular weight excluding hydrogens is 424 g/mol. The fourth-order valence-corrected chi connectivity index (χ4v) is 4.10. The third kappa shape index (κ3) is 4.84. The summed E-state index contributed by atoms with van der Waals surface area (Å²) in [5.74, 6) is -0.192. The predicted octanol–water partition coefficient (Wildman–Crippen LogP) is 4.68. The Morgan fingerprint density at radius 3 is 2.44 bits per heavy atom. The topological polar surface area (TPSA) is 84.8 Å². The van der Waals surface area contributed by atoms with E-state index < -0.39 is 10.1 Å². The van der Waals surface area contributed by atoms with Gasteiger partial charge in [0.1, 0.15) is 10.6 Å². The number of nitrogens with one attached hydrogen (secondary N) is 1. The summed E-state index contributed by atoms with van der Waals surface area (Å²) in [5, 5.41) is 5.80. The largest absolute Gasteiger partial charge is 0.379 e. The van der Waals surface area contributed by atoms with Crippen LogP contribution in [0.5, 0.6) is 5.75 Å². The number of benzene rings is 4. The minimum Gasteiger partial charge on any atom is -0.379 e. The first-order valence-electron chi connectivity index (χ1n) is 9.85. The second kappa shape index (κ2) is 9.03. The van der Waals surface area contributed by atoms with E-state index in [1.165, 1.54) is 30.5 Å². The van der Waals surface area contributed by atoms with Crippen molar-refractivity contribution in [2.24, 2.45) is 5.10 Å². The lowest BCUT2D eigenvalue weighted by Crippen LogP contribution is -2.17. The minimum atomic E-state index is -3.95. The number of amides is 1. The van der Waals surface area contributed by atoms with Gasteiger partial charge >= 0.3 is 10.1 Å². The lowest BCUT2D eigenvalue weighted by atomic mass is 10.0. The van der Waals surface area contributed by atoms with E-state index in [0.717, 1.165) is 16.3 Å². The number of carbonyl (C=O) groups is 1. The number of hydrazone groups is 1. The summed E-state index contributed by atoms with van der Waals surface area (Å²) >= 11 is 0. The smallest absolute Gasteiger partial charge is 0.339 e. The van der Waals surface area contributed by atoms with Gasteiger partial charge in [-0.15, -0.1) is 0 Å².